The molecule has 0 saturated carbocycles. The summed E-state index contributed by atoms with van der Waals surface area (Å²) < 4.78 is 27.3. The highest BCUT2D eigenvalue weighted by atomic mass is 35.5. The molecule has 2 aromatic carbocycles. The van der Waals surface area contributed by atoms with Gasteiger partial charge < -0.3 is 15.2 Å². The maximum Gasteiger partial charge on any atom is 0.237 e. The quantitative estimate of drug-likeness (QED) is 0.507. The molecular formula is C22H24ClN5O4S2. The van der Waals surface area contributed by atoms with Gasteiger partial charge in [0.2, 0.25) is 16.6 Å². The zero-order valence-electron chi connectivity index (χ0n) is 18.3. The Balaban J connectivity index is 1.33. The number of primary amides is 1. The Bertz CT molecular complexity index is 1390. The molecule has 12 heteroatoms. The minimum atomic E-state index is -3.60. The fraction of sp³-hybridized carbons (Fsp3) is 0.318. The predicted octanol–water partition coefficient (Wildman–Crippen LogP) is 1.67. The fourth-order valence-electron chi connectivity index (χ4n) is 3.72. The molecule has 2 heterocycles. The largest absolute Gasteiger partial charge is 0.368 e. The summed E-state index contributed by atoms with van der Waals surface area (Å²) in [6.07, 6.45) is 1.67. The van der Waals surface area contributed by atoms with Gasteiger partial charge in [-0.25, -0.2) is 8.42 Å². The van der Waals surface area contributed by atoms with Crippen LogP contribution in [0.25, 0.3) is 10.8 Å². The van der Waals surface area contributed by atoms with Crippen molar-refractivity contribution in [3.8, 4) is 0 Å². The van der Waals surface area contributed by atoms with E-state index in [2.05, 4.69) is 5.10 Å². The minimum Gasteiger partial charge on any atom is -0.368 e. The van der Waals surface area contributed by atoms with Gasteiger partial charge in [0.25, 0.3) is 0 Å². The average molecular weight is 522 g/mol. The predicted molar refractivity (Wildman–Crippen MR) is 131 cm³/mol. The van der Waals surface area contributed by atoms with E-state index >= 15 is 0 Å². The van der Waals surface area contributed by atoms with Crippen molar-refractivity contribution >= 4 is 55.4 Å². The first-order valence-corrected chi connectivity index (χ1v) is 13.5. The number of sulfone groups is 1. The van der Waals surface area contributed by atoms with Crippen LogP contribution < -0.4 is 10.5 Å². The number of piperazine rings is 1. The molecule has 1 aromatic heterocycles. The second-order valence-corrected chi connectivity index (χ2v) is 11.4. The van der Waals surface area contributed by atoms with Gasteiger partial charge in [-0.1, -0.05) is 23.7 Å². The first kappa shape index (κ1) is 24.2. The van der Waals surface area contributed by atoms with Crippen molar-refractivity contribution in [3.05, 3.63) is 57.8 Å². The van der Waals surface area contributed by atoms with Gasteiger partial charge in [0.05, 0.1) is 23.7 Å². The lowest BCUT2D eigenvalue weighted by Gasteiger charge is -2.33. The van der Waals surface area contributed by atoms with Crippen LogP contribution in [0.1, 0.15) is 6.42 Å². The number of hydrogen-bond donors (Lipinski definition) is 1. The Morgan fingerprint density at radius 1 is 1.06 bits per heavy atom. The first-order valence-electron chi connectivity index (χ1n) is 10.6. The summed E-state index contributed by atoms with van der Waals surface area (Å²) in [5.41, 5.74) is 5.26. The third-order valence-electron chi connectivity index (χ3n) is 5.54. The van der Waals surface area contributed by atoms with E-state index in [-0.39, 0.29) is 29.5 Å². The van der Waals surface area contributed by atoms with Gasteiger partial charge in [-0.05, 0) is 35.0 Å². The highest BCUT2D eigenvalue weighted by Crippen LogP contribution is 2.23. The van der Waals surface area contributed by atoms with Crippen LogP contribution in [0.15, 0.2) is 58.0 Å². The molecule has 180 valence electrons. The Morgan fingerprint density at radius 2 is 1.76 bits per heavy atom. The minimum absolute atomic E-state index is 0.0558. The number of benzene rings is 2. The van der Waals surface area contributed by atoms with Crippen LogP contribution in [-0.2, 0) is 26.0 Å². The number of aromatic nitrogens is 1. The van der Waals surface area contributed by atoms with Crippen LogP contribution in [0.3, 0.4) is 0 Å². The van der Waals surface area contributed by atoms with Crippen molar-refractivity contribution in [1.29, 1.82) is 0 Å². The van der Waals surface area contributed by atoms with Gasteiger partial charge in [0, 0.05) is 36.1 Å². The second kappa shape index (κ2) is 10.2. The number of carbonyl (C=O) groups excluding carboxylic acids is 2. The fourth-order valence-corrected chi connectivity index (χ4v) is 5.91. The Labute approximate surface area is 205 Å². The van der Waals surface area contributed by atoms with E-state index in [1.54, 1.807) is 52.1 Å². The molecule has 1 fully saturated rings. The van der Waals surface area contributed by atoms with Crippen molar-refractivity contribution in [2.24, 2.45) is 10.8 Å². The molecule has 0 bridgehead atoms. The summed E-state index contributed by atoms with van der Waals surface area (Å²) in [7, 11) is -3.60. The summed E-state index contributed by atoms with van der Waals surface area (Å²) in [6.45, 7) is 1.97. The highest BCUT2D eigenvalue weighted by Gasteiger charge is 2.23. The molecular weight excluding hydrogens is 498 g/mol. The molecule has 1 aliphatic rings. The van der Waals surface area contributed by atoms with E-state index in [0.717, 1.165) is 10.8 Å². The number of nitrogens with zero attached hydrogens (tertiary/aromatic N) is 4. The molecule has 1 saturated heterocycles. The number of carbonyl (C=O) groups is 2. The monoisotopic (exact) mass is 521 g/mol. The standard InChI is InChI=1S/C22H24ClN5O4S2/c23-18-3-1-17-14-19(4-2-16(17)13-18)34(31,32)12-5-21(30)26-6-8-28(9-7-26)25-22-27(10-11-33-22)15-20(24)29/h1-4,10-11,13-14H,5-9,12,15H2,(H2,24,29). The number of rotatable bonds is 7. The van der Waals surface area contributed by atoms with Crippen LogP contribution in [0, 0.1) is 0 Å². The maximum atomic E-state index is 12.8. The van der Waals surface area contributed by atoms with Crippen molar-refractivity contribution < 1.29 is 18.0 Å². The van der Waals surface area contributed by atoms with E-state index in [4.69, 9.17) is 17.3 Å². The van der Waals surface area contributed by atoms with Gasteiger partial charge in [-0.2, -0.15) is 0 Å². The van der Waals surface area contributed by atoms with Crippen molar-refractivity contribution in [3.63, 3.8) is 0 Å². The molecule has 9 nitrogen and oxygen atoms in total. The van der Waals surface area contributed by atoms with Gasteiger partial charge in [-0.15, -0.1) is 16.4 Å². The van der Waals surface area contributed by atoms with Gasteiger partial charge in [0.1, 0.15) is 6.54 Å². The SMILES string of the molecule is NC(=O)Cn1ccsc1=NN1CCN(C(=O)CCS(=O)(=O)c2ccc3cc(Cl)ccc3c2)CC1. The van der Waals surface area contributed by atoms with E-state index in [0.29, 0.717) is 36.0 Å². The topological polar surface area (TPSA) is 118 Å². The molecule has 0 atom stereocenters. The summed E-state index contributed by atoms with van der Waals surface area (Å²) in [5.74, 6) is -0.897. The summed E-state index contributed by atoms with van der Waals surface area (Å²) in [4.78, 5) is 26.4. The van der Waals surface area contributed by atoms with Crippen molar-refractivity contribution in [2.45, 2.75) is 17.9 Å². The van der Waals surface area contributed by atoms with E-state index in [1.165, 1.54) is 11.3 Å². The normalized spacial score (nSPS) is 15.1. The maximum absolute atomic E-state index is 12.8. The Kier molecular flexibility index (Phi) is 7.24. The smallest absolute Gasteiger partial charge is 0.237 e. The first-order chi connectivity index (χ1) is 16.2. The number of nitrogens with two attached hydrogens (primary N) is 1. The second-order valence-electron chi connectivity index (χ2n) is 7.94. The van der Waals surface area contributed by atoms with Gasteiger partial charge in [0.15, 0.2) is 9.84 Å². The molecule has 0 aliphatic carbocycles. The van der Waals surface area contributed by atoms with Crippen LogP contribution in [0.5, 0.6) is 0 Å². The van der Waals surface area contributed by atoms with E-state index in [1.807, 2.05) is 10.4 Å². The number of halogens is 1. The Hall–Kier alpha value is -2.89. The molecule has 3 aromatic rings. The third-order valence-corrected chi connectivity index (χ3v) is 8.27. The number of hydrogen-bond acceptors (Lipinski definition) is 7. The summed E-state index contributed by atoms with van der Waals surface area (Å²) in [6, 6.07) is 10.1. The van der Waals surface area contributed by atoms with E-state index in [9.17, 15) is 18.0 Å². The molecule has 34 heavy (non-hydrogen) atoms. The van der Waals surface area contributed by atoms with Crippen LogP contribution in [0.2, 0.25) is 5.02 Å². The van der Waals surface area contributed by atoms with Gasteiger partial charge in [-0.3, -0.25) is 14.6 Å². The Morgan fingerprint density at radius 3 is 2.50 bits per heavy atom. The lowest BCUT2D eigenvalue weighted by molar-refractivity contribution is -0.132. The number of thiazole rings is 1. The molecule has 2 amide bonds. The number of fused-ring (bicyclic) bond motifs is 1. The van der Waals surface area contributed by atoms with Gasteiger partial charge >= 0.3 is 0 Å². The zero-order valence-corrected chi connectivity index (χ0v) is 20.7. The third kappa shape index (κ3) is 5.78. The highest BCUT2D eigenvalue weighted by molar-refractivity contribution is 7.91. The molecule has 0 spiro atoms. The van der Waals surface area contributed by atoms with Crippen LogP contribution >= 0.6 is 22.9 Å². The van der Waals surface area contributed by atoms with Crippen molar-refractivity contribution in [1.82, 2.24) is 14.5 Å². The summed E-state index contributed by atoms with van der Waals surface area (Å²) in [5, 5.41) is 10.4. The molecule has 2 N–H and O–H groups in total. The average Bonchev–Trinajstić information content (AvgIpc) is 3.23. The van der Waals surface area contributed by atoms with E-state index < -0.39 is 15.7 Å². The summed E-state index contributed by atoms with van der Waals surface area (Å²) >= 11 is 7.38. The lowest BCUT2D eigenvalue weighted by atomic mass is 10.1. The molecule has 0 radical (unpaired) electrons. The molecule has 4 rings (SSSR count). The zero-order chi connectivity index (χ0) is 24.3. The lowest BCUT2D eigenvalue weighted by Crippen LogP contribution is -2.47. The number of amides is 2. The van der Waals surface area contributed by atoms with Crippen LogP contribution in [0.4, 0.5) is 0 Å². The van der Waals surface area contributed by atoms with Crippen LogP contribution in [-0.4, -0.2) is 66.6 Å². The molecule has 1 aliphatic heterocycles. The molecule has 0 unspecified atom stereocenters. The van der Waals surface area contributed by atoms with Crippen molar-refractivity contribution in [2.75, 3.05) is 31.9 Å².